The molecule has 0 radical (unpaired) electrons. The van der Waals surface area contributed by atoms with Crippen LogP contribution in [0.15, 0.2) is 4.79 Å². The zero-order valence-corrected chi connectivity index (χ0v) is 14.5. The summed E-state index contributed by atoms with van der Waals surface area (Å²) < 4.78 is 2.50. The number of hydrogen-bond acceptors (Lipinski definition) is 3. The molecule has 2 aromatic heterocycles. The molecule has 3 heterocycles. The molecule has 1 fully saturated rings. The lowest BCUT2D eigenvalue weighted by atomic mass is 9.95. The largest absolute Gasteiger partial charge is 0.333 e. The van der Waals surface area contributed by atoms with Gasteiger partial charge in [0.15, 0.2) is 4.77 Å². The van der Waals surface area contributed by atoms with Crippen molar-refractivity contribution < 1.29 is 4.90 Å². The maximum Gasteiger partial charge on any atom is 0.263 e. The summed E-state index contributed by atoms with van der Waals surface area (Å²) in [5, 5.41) is 0.923. The number of H-pyrrole nitrogens is 1. The van der Waals surface area contributed by atoms with Crippen LogP contribution in [0.3, 0.4) is 0 Å². The Balaban J connectivity index is 1.92. The average Bonchev–Trinajstić information content (AvgIpc) is 2.85. The van der Waals surface area contributed by atoms with Crippen LogP contribution in [0.25, 0.3) is 10.2 Å². The van der Waals surface area contributed by atoms with Crippen LogP contribution in [0.5, 0.6) is 0 Å². The smallest absolute Gasteiger partial charge is 0.263 e. The van der Waals surface area contributed by atoms with Crippen LogP contribution in [0.1, 0.15) is 48.6 Å². The number of nitrogens with one attached hydrogen (secondary N) is 2. The van der Waals surface area contributed by atoms with Gasteiger partial charge in [-0.2, -0.15) is 0 Å². The van der Waals surface area contributed by atoms with Crippen molar-refractivity contribution in [1.29, 1.82) is 0 Å². The quantitative estimate of drug-likeness (QED) is 0.784. The molecule has 0 saturated heterocycles. The third-order valence-electron chi connectivity index (χ3n) is 5.17. The molecule has 0 bridgehead atoms. The number of thiophene rings is 1. The lowest BCUT2D eigenvalue weighted by molar-refractivity contribution is -0.895. The fraction of sp³-hybridized carbons (Fsp3) is 0.625. The summed E-state index contributed by atoms with van der Waals surface area (Å²) in [6.07, 6.45) is 6.88. The van der Waals surface area contributed by atoms with Crippen molar-refractivity contribution in [2.45, 2.75) is 51.1 Å². The van der Waals surface area contributed by atoms with Gasteiger partial charge in [-0.3, -0.25) is 9.36 Å². The normalized spacial score (nSPS) is 22.9. The van der Waals surface area contributed by atoms with Gasteiger partial charge in [0.2, 0.25) is 0 Å². The number of aromatic nitrogens is 2. The first-order chi connectivity index (χ1) is 10.6. The topological polar surface area (TPSA) is 42.2 Å². The molecular weight excluding hydrogens is 314 g/mol. The van der Waals surface area contributed by atoms with Gasteiger partial charge in [0.1, 0.15) is 11.4 Å². The molecule has 4 nitrogen and oxygen atoms in total. The monoisotopic (exact) mass is 336 g/mol. The number of aromatic amines is 1. The highest BCUT2D eigenvalue weighted by atomic mass is 32.1. The molecule has 2 N–H and O–H groups in total. The zero-order valence-electron chi connectivity index (χ0n) is 12.9. The van der Waals surface area contributed by atoms with Crippen molar-refractivity contribution >= 4 is 33.8 Å². The third kappa shape index (κ3) is 2.28. The molecule has 1 saturated carbocycles. The Kier molecular flexibility index (Phi) is 3.71. The number of hydrogen-bond donors (Lipinski definition) is 2. The van der Waals surface area contributed by atoms with E-state index in [4.69, 9.17) is 12.2 Å². The highest BCUT2D eigenvalue weighted by molar-refractivity contribution is 7.71. The summed E-state index contributed by atoms with van der Waals surface area (Å²) in [6, 6.07) is 0.293. The summed E-state index contributed by atoms with van der Waals surface area (Å²) >= 11 is 7.25. The fourth-order valence-electron chi connectivity index (χ4n) is 3.98. The standard InChI is InChI=1S/C16H21N3OS2/c1-18-8-7-11-12(9-18)22-14-13(11)15(20)19(16(21)17-14)10-5-3-2-4-6-10/h10H,2-9H2,1H3,(H,17,21)/p+1. The van der Waals surface area contributed by atoms with Gasteiger partial charge in [-0.05, 0) is 30.6 Å². The maximum absolute atomic E-state index is 13.1. The summed E-state index contributed by atoms with van der Waals surface area (Å²) in [5.41, 5.74) is 1.44. The molecular formula is C16H22N3OS2+. The Labute approximate surface area is 138 Å². The Hall–Kier alpha value is -0.980. The Morgan fingerprint density at radius 1 is 1.32 bits per heavy atom. The summed E-state index contributed by atoms with van der Waals surface area (Å²) in [5.74, 6) is 0. The molecule has 1 atom stereocenters. The van der Waals surface area contributed by atoms with Gasteiger partial charge >= 0.3 is 0 Å². The van der Waals surface area contributed by atoms with Crippen LogP contribution < -0.4 is 10.5 Å². The van der Waals surface area contributed by atoms with E-state index in [1.807, 2.05) is 4.57 Å². The molecule has 2 aromatic rings. The first-order valence-corrected chi connectivity index (χ1v) is 9.48. The SMILES string of the molecule is C[NH+]1CCc2c(sc3[nH]c(=S)n(C4CCCCC4)c(=O)c23)C1. The zero-order chi connectivity index (χ0) is 15.3. The summed E-state index contributed by atoms with van der Waals surface area (Å²) in [4.78, 5) is 20.4. The van der Waals surface area contributed by atoms with E-state index >= 15 is 0 Å². The molecule has 0 aromatic carbocycles. The van der Waals surface area contributed by atoms with E-state index in [0.29, 0.717) is 10.8 Å². The highest BCUT2D eigenvalue weighted by Crippen LogP contribution is 2.31. The van der Waals surface area contributed by atoms with Gasteiger partial charge < -0.3 is 9.88 Å². The number of rotatable bonds is 1. The molecule has 4 rings (SSSR count). The number of quaternary nitrogens is 1. The van der Waals surface area contributed by atoms with E-state index in [2.05, 4.69) is 12.0 Å². The van der Waals surface area contributed by atoms with Gasteiger partial charge in [0.05, 0.1) is 23.9 Å². The number of likely N-dealkylation sites (N-methyl/N-ethyl adjacent to an activating group) is 1. The van der Waals surface area contributed by atoms with Crippen molar-refractivity contribution in [1.82, 2.24) is 9.55 Å². The van der Waals surface area contributed by atoms with Crippen molar-refractivity contribution in [3.8, 4) is 0 Å². The van der Waals surface area contributed by atoms with Crippen molar-refractivity contribution in [3.63, 3.8) is 0 Å². The summed E-state index contributed by atoms with van der Waals surface area (Å²) in [7, 11) is 2.22. The first-order valence-electron chi connectivity index (χ1n) is 8.25. The van der Waals surface area contributed by atoms with Crippen LogP contribution in [0.2, 0.25) is 0 Å². The predicted octanol–water partition coefficient (Wildman–Crippen LogP) is 2.20. The van der Waals surface area contributed by atoms with E-state index in [-0.39, 0.29) is 5.56 Å². The lowest BCUT2D eigenvalue weighted by Gasteiger charge is -2.24. The second kappa shape index (κ2) is 5.58. The molecule has 22 heavy (non-hydrogen) atoms. The van der Waals surface area contributed by atoms with Crippen LogP contribution in [0.4, 0.5) is 0 Å². The molecule has 2 aliphatic rings. The van der Waals surface area contributed by atoms with Crippen LogP contribution in [-0.4, -0.2) is 23.1 Å². The Morgan fingerprint density at radius 3 is 2.86 bits per heavy atom. The van der Waals surface area contributed by atoms with E-state index < -0.39 is 0 Å². The van der Waals surface area contributed by atoms with Crippen molar-refractivity contribution in [2.24, 2.45) is 0 Å². The van der Waals surface area contributed by atoms with Crippen molar-refractivity contribution in [3.05, 3.63) is 25.6 Å². The van der Waals surface area contributed by atoms with Crippen LogP contribution in [0, 0.1) is 4.77 Å². The van der Waals surface area contributed by atoms with E-state index in [0.717, 1.165) is 42.6 Å². The fourth-order valence-corrected chi connectivity index (χ4v) is 5.73. The Bertz CT molecular complexity index is 826. The highest BCUT2D eigenvalue weighted by Gasteiger charge is 2.26. The van der Waals surface area contributed by atoms with Crippen LogP contribution in [-0.2, 0) is 13.0 Å². The minimum atomic E-state index is 0.155. The second-order valence-electron chi connectivity index (χ2n) is 6.74. The minimum Gasteiger partial charge on any atom is -0.333 e. The first kappa shape index (κ1) is 14.6. The van der Waals surface area contributed by atoms with Crippen molar-refractivity contribution in [2.75, 3.05) is 13.6 Å². The van der Waals surface area contributed by atoms with Gasteiger partial charge in [-0.1, -0.05) is 19.3 Å². The molecule has 118 valence electrons. The molecule has 1 aliphatic heterocycles. The molecule has 0 amide bonds. The molecule has 6 heteroatoms. The van der Waals surface area contributed by atoms with E-state index in [9.17, 15) is 4.79 Å². The average molecular weight is 337 g/mol. The minimum absolute atomic E-state index is 0.155. The predicted molar refractivity (Wildman–Crippen MR) is 92.6 cm³/mol. The molecule has 0 spiro atoms. The lowest BCUT2D eigenvalue weighted by Crippen LogP contribution is -3.08. The number of fused-ring (bicyclic) bond motifs is 3. The second-order valence-corrected chi connectivity index (χ2v) is 8.23. The molecule has 1 unspecified atom stereocenters. The third-order valence-corrected chi connectivity index (χ3v) is 6.61. The van der Waals surface area contributed by atoms with Crippen LogP contribution >= 0.6 is 23.6 Å². The van der Waals surface area contributed by atoms with E-state index in [1.165, 1.54) is 34.6 Å². The molecule has 1 aliphatic carbocycles. The van der Waals surface area contributed by atoms with Gasteiger partial charge in [-0.15, -0.1) is 11.3 Å². The van der Waals surface area contributed by atoms with Gasteiger partial charge in [-0.25, -0.2) is 0 Å². The maximum atomic E-state index is 13.1. The Morgan fingerprint density at radius 2 is 2.09 bits per heavy atom. The number of nitrogens with zero attached hydrogens (tertiary/aromatic N) is 1. The van der Waals surface area contributed by atoms with E-state index in [1.54, 1.807) is 11.3 Å². The van der Waals surface area contributed by atoms with Gasteiger partial charge in [0, 0.05) is 12.5 Å². The summed E-state index contributed by atoms with van der Waals surface area (Å²) in [6.45, 7) is 2.13. The van der Waals surface area contributed by atoms with Gasteiger partial charge in [0.25, 0.3) is 5.56 Å².